The van der Waals surface area contributed by atoms with E-state index in [1.807, 2.05) is 29.2 Å². The van der Waals surface area contributed by atoms with Crippen molar-refractivity contribution in [2.45, 2.75) is 6.42 Å². The number of hydrogen-bond donors (Lipinski definition) is 1. The van der Waals surface area contributed by atoms with Gasteiger partial charge in [0, 0.05) is 13.0 Å². The molecule has 19 heavy (non-hydrogen) atoms. The molecule has 1 aliphatic rings. The summed E-state index contributed by atoms with van der Waals surface area (Å²) >= 11 is 4.24. The van der Waals surface area contributed by atoms with Gasteiger partial charge in [0.1, 0.15) is 18.1 Å². The molecule has 4 nitrogen and oxygen atoms in total. The molecule has 0 radical (unpaired) electrons. The van der Waals surface area contributed by atoms with Gasteiger partial charge in [-0.05, 0) is 35.9 Å². The highest BCUT2D eigenvalue weighted by molar-refractivity contribution is 7.80. The SMILES string of the molecule is COc1ccc(OCCN2CC(CS)CC2=O)cc1. The molecule has 1 heterocycles. The van der Waals surface area contributed by atoms with Crippen LogP contribution in [0.4, 0.5) is 0 Å². The topological polar surface area (TPSA) is 38.8 Å². The Morgan fingerprint density at radius 1 is 1.32 bits per heavy atom. The van der Waals surface area contributed by atoms with Gasteiger partial charge >= 0.3 is 0 Å². The van der Waals surface area contributed by atoms with Gasteiger partial charge in [-0.15, -0.1) is 0 Å². The minimum Gasteiger partial charge on any atom is -0.497 e. The highest BCUT2D eigenvalue weighted by Crippen LogP contribution is 2.19. The van der Waals surface area contributed by atoms with Crippen LogP contribution in [0.2, 0.25) is 0 Å². The van der Waals surface area contributed by atoms with E-state index in [0.717, 1.165) is 23.8 Å². The molecule has 0 saturated carbocycles. The van der Waals surface area contributed by atoms with Gasteiger partial charge in [0.2, 0.25) is 5.91 Å². The summed E-state index contributed by atoms with van der Waals surface area (Å²) < 4.78 is 10.7. The highest BCUT2D eigenvalue weighted by atomic mass is 32.1. The van der Waals surface area contributed by atoms with Gasteiger partial charge in [0.25, 0.3) is 0 Å². The number of ether oxygens (including phenoxy) is 2. The van der Waals surface area contributed by atoms with E-state index in [2.05, 4.69) is 12.6 Å². The molecule has 1 aliphatic heterocycles. The first-order chi connectivity index (χ1) is 9.22. The first kappa shape index (κ1) is 14.1. The second-order valence-electron chi connectivity index (χ2n) is 4.62. The third-order valence-corrected chi connectivity index (χ3v) is 3.76. The molecule has 1 amide bonds. The van der Waals surface area contributed by atoms with Crippen molar-refractivity contribution in [3.63, 3.8) is 0 Å². The highest BCUT2D eigenvalue weighted by Gasteiger charge is 2.28. The van der Waals surface area contributed by atoms with E-state index < -0.39 is 0 Å². The van der Waals surface area contributed by atoms with Crippen LogP contribution in [0.25, 0.3) is 0 Å². The summed E-state index contributed by atoms with van der Waals surface area (Å²) in [5, 5.41) is 0. The van der Waals surface area contributed by atoms with Crippen LogP contribution >= 0.6 is 12.6 Å². The summed E-state index contributed by atoms with van der Waals surface area (Å²) in [6, 6.07) is 7.43. The van der Waals surface area contributed by atoms with Crippen LogP contribution < -0.4 is 9.47 Å². The fourth-order valence-electron chi connectivity index (χ4n) is 2.14. The van der Waals surface area contributed by atoms with E-state index in [1.54, 1.807) is 7.11 Å². The van der Waals surface area contributed by atoms with Gasteiger partial charge in [-0.3, -0.25) is 4.79 Å². The average Bonchev–Trinajstić information content (AvgIpc) is 2.80. The van der Waals surface area contributed by atoms with Crippen LogP contribution in [-0.2, 0) is 4.79 Å². The van der Waals surface area contributed by atoms with Gasteiger partial charge in [0.15, 0.2) is 0 Å². The van der Waals surface area contributed by atoms with Crippen LogP contribution in [0.3, 0.4) is 0 Å². The van der Waals surface area contributed by atoms with Crippen molar-refractivity contribution >= 4 is 18.5 Å². The average molecular weight is 281 g/mol. The summed E-state index contributed by atoms with van der Waals surface area (Å²) in [6.07, 6.45) is 0.617. The molecule has 104 valence electrons. The van der Waals surface area contributed by atoms with Crippen LogP contribution in [0.5, 0.6) is 11.5 Å². The van der Waals surface area contributed by atoms with E-state index in [4.69, 9.17) is 9.47 Å². The Morgan fingerprint density at radius 3 is 2.58 bits per heavy atom. The largest absolute Gasteiger partial charge is 0.497 e. The van der Waals surface area contributed by atoms with Crippen LogP contribution in [-0.4, -0.2) is 43.4 Å². The van der Waals surface area contributed by atoms with E-state index in [-0.39, 0.29) is 5.91 Å². The zero-order chi connectivity index (χ0) is 13.7. The van der Waals surface area contributed by atoms with E-state index in [0.29, 0.717) is 25.5 Å². The predicted octanol–water partition coefficient (Wildman–Crippen LogP) is 1.85. The number of amides is 1. The molecular formula is C14H19NO3S. The minimum atomic E-state index is 0.206. The maximum absolute atomic E-state index is 11.7. The van der Waals surface area contributed by atoms with Gasteiger partial charge in [0.05, 0.1) is 13.7 Å². The quantitative estimate of drug-likeness (QED) is 0.809. The maximum atomic E-state index is 11.7. The first-order valence-corrected chi connectivity index (χ1v) is 7.01. The Balaban J connectivity index is 1.75. The van der Waals surface area contributed by atoms with Crippen molar-refractivity contribution < 1.29 is 14.3 Å². The van der Waals surface area contributed by atoms with E-state index in [1.165, 1.54) is 0 Å². The Hall–Kier alpha value is -1.36. The lowest BCUT2D eigenvalue weighted by atomic mass is 10.1. The lowest BCUT2D eigenvalue weighted by Crippen LogP contribution is -2.30. The second kappa shape index (κ2) is 6.70. The zero-order valence-corrected chi connectivity index (χ0v) is 11.9. The second-order valence-corrected chi connectivity index (χ2v) is 4.98. The molecule has 5 heteroatoms. The van der Waals surface area contributed by atoms with Crippen molar-refractivity contribution in [1.29, 1.82) is 0 Å². The third kappa shape index (κ3) is 3.80. The molecule has 1 fully saturated rings. The fourth-order valence-corrected chi connectivity index (χ4v) is 2.38. The van der Waals surface area contributed by atoms with Crippen molar-refractivity contribution in [2.24, 2.45) is 5.92 Å². The fraction of sp³-hybridized carbons (Fsp3) is 0.500. The number of likely N-dealkylation sites (tertiary alicyclic amines) is 1. The zero-order valence-electron chi connectivity index (χ0n) is 11.0. The van der Waals surface area contributed by atoms with Gasteiger partial charge in [-0.2, -0.15) is 12.6 Å². The minimum absolute atomic E-state index is 0.206. The molecule has 0 bridgehead atoms. The number of hydrogen-bond acceptors (Lipinski definition) is 4. The number of benzene rings is 1. The van der Waals surface area contributed by atoms with Crippen molar-refractivity contribution in [1.82, 2.24) is 4.90 Å². The third-order valence-electron chi connectivity index (χ3n) is 3.24. The molecular weight excluding hydrogens is 262 g/mol. The van der Waals surface area contributed by atoms with Gasteiger partial charge in [-0.1, -0.05) is 0 Å². The Kier molecular flexibility index (Phi) is 4.96. The van der Waals surface area contributed by atoms with Crippen molar-refractivity contribution in [3.05, 3.63) is 24.3 Å². The first-order valence-electron chi connectivity index (χ1n) is 6.38. The number of thiol groups is 1. The molecule has 1 atom stereocenters. The summed E-state index contributed by atoms with van der Waals surface area (Å²) in [5.41, 5.74) is 0. The smallest absolute Gasteiger partial charge is 0.223 e. The lowest BCUT2D eigenvalue weighted by Gasteiger charge is -2.16. The van der Waals surface area contributed by atoms with Crippen LogP contribution in [0, 0.1) is 5.92 Å². The van der Waals surface area contributed by atoms with Crippen molar-refractivity contribution in [3.8, 4) is 11.5 Å². The summed E-state index contributed by atoms with van der Waals surface area (Å²) in [6.45, 7) is 1.95. The summed E-state index contributed by atoms with van der Waals surface area (Å²) in [4.78, 5) is 13.5. The number of nitrogens with zero attached hydrogens (tertiary/aromatic N) is 1. The molecule has 2 rings (SSSR count). The Morgan fingerprint density at radius 2 is 2.00 bits per heavy atom. The number of carbonyl (C=O) groups is 1. The molecule has 1 unspecified atom stereocenters. The number of carbonyl (C=O) groups excluding carboxylic acids is 1. The van der Waals surface area contributed by atoms with E-state index >= 15 is 0 Å². The number of rotatable bonds is 6. The lowest BCUT2D eigenvalue weighted by molar-refractivity contribution is -0.128. The maximum Gasteiger partial charge on any atom is 0.223 e. The standard InChI is InChI=1S/C14H19NO3S/c1-17-12-2-4-13(5-3-12)18-7-6-15-9-11(10-19)8-14(15)16/h2-5,11,19H,6-10H2,1H3. The molecule has 0 aromatic heterocycles. The normalized spacial score (nSPS) is 18.7. The summed E-state index contributed by atoms with van der Waals surface area (Å²) in [5.74, 6) is 2.95. The Bertz CT molecular complexity index is 421. The van der Waals surface area contributed by atoms with Crippen LogP contribution in [0.15, 0.2) is 24.3 Å². The van der Waals surface area contributed by atoms with Gasteiger partial charge in [-0.25, -0.2) is 0 Å². The predicted molar refractivity (Wildman–Crippen MR) is 77.0 cm³/mol. The van der Waals surface area contributed by atoms with Crippen molar-refractivity contribution in [2.75, 3.05) is 32.6 Å². The molecule has 1 saturated heterocycles. The molecule has 0 spiro atoms. The van der Waals surface area contributed by atoms with E-state index in [9.17, 15) is 4.79 Å². The molecule has 1 aromatic carbocycles. The van der Waals surface area contributed by atoms with Crippen LogP contribution in [0.1, 0.15) is 6.42 Å². The number of methoxy groups -OCH3 is 1. The monoisotopic (exact) mass is 281 g/mol. The molecule has 1 aromatic rings. The Labute approximate surface area is 119 Å². The molecule has 0 N–H and O–H groups in total. The molecule has 0 aliphatic carbocycles. The summed E-state index contributed by atoms with van der Waals surface area (Å²) in [7, 11) is 1.63. The van der Waals surface area contributed by atoms with Gasteiger partial charge < -0.3 is 14.4 Å².